The van der Waals surface area contributed by atoms with Crippen LogP contribution in [0.1, 0.15) is 24.5 Å². The van der Waals surface area contributed by atoms with Crippen molar-refractivity contribution in [2.24, 2.45) is 0 Å². The molecule has 0 saturated heterocycles. The third-order valence-electron chi connectivity index (χ3n) is 4.30. The first-order valence-corrected chi connectivity index (χ1v) is 13.0. The van der Waals surface area contributed by atoms with Crippen molar-refractivity contribution in [3.63, 3.8) is 0 Å². The zero-order valence-corrected chi connectivity index (χ0v) is 20.0. The number of hydrogen-bond donors (Lipinski definition) is 1. The van der Waals surface area contributed by atoms with Crippen LogP contribution in [0, 0.1) is 13.8 Å². The Labute approximate surface area is 191 Å². The van der Waals surface area contributed by atoms with E-state index in [1.807, 2.05) is 26.0 Å². The maximum atomic E-state index is 13.4. The highest BCUT2D eigenvalue weighted by atomic mass is 32.2. The van der Waals surface area contributed by atoms with E-state index in [2.05, 4.69) is 22.4 Å². The fourth-order valence-corrected chi connectivity index (χ4v) is 5.78. The number of anilines is 2. The van der Waals surface area contributed by atoms with Gasteiger partial charge < -0.3 is 0 Å². The molecular formula is C21H24N4O3S3. The number of hydrogen-bond acceptors (Lipinski definition) is 7. The number of rotatable bonds is 9. The minimum Gasteiger partial charge on any atom is -0.299 e. The lowest BCUT2D eigenvalue weighted by molar-refractivity contribution is -0.114. The first kappa shape index (κ1) is 23.2. The summed E-state index contributed by atoms with van der Waals surface area (Å²) in [6.07, 6.45) is 1.01. The number of nitrogens with one attached hydrogen (secondary N) is 1. The quantitative estimate of drug-likeness (QED) is 0.361. The van der Waals surface area contributed by atoms with E-state index in [4.69, 9.17) is 0 Å². The molecule has 0 saturated carbocycles. The van der Waals surface area contributed by atoms with Crippen molar-refractivity contribution >= 4 is 49.8 Å². The Balaban J connectivity index is 1.84. The van der Waals surface area contributed by atoms with Gasteiger partial charge in [-0.2, -0.15) is 0 Å². The molecule has 1 heterocycles. The summed E-state index contributed by atoms with van der Waals surface area (Å²) in [5, 5.41) is 11.0. The molecule has 2 aromatic carbocycles. The molecule has 0 fully saturated rings. The minimum atomic E-state index is -3.94. The fourth-order valence-electron chi connectivity index (χ4n) is 2.66. The predicted octanol–water partition coefficient (Wildman–Crippen LogP) is 4.49. The van der Waals surface area contributed by atoms with Crippen LogP contribution < -0.4 is 9.62 Å². The number of aryl methyl sites for hydroxylation is 2. The highest BCUT2D eigenvalue weighted by Gasteiger charge is 2.27. The molecule has 0 bridgehead atoms. The molecule has 1 N–H and O–H groups in total. The van der Waals surface area contributed by atoms with Crippen molar-refractivity contribution < 1.29 is 13.2 Å². The van der Waals surface area contributed by atoms with E-state index in [-0.39, 0.29) is 11.4 Å². The van der Waals surface area contributed by atoms with Crippen molar-refractivity contribution in [3.8, 4) is 0 Å². The van der Waals surface area contributed by atoms with Crippen LogP contribution in [0.25, 0.3) is 0 Å². The normalized spacial score (nSPS) is 11.3. The molecule has 164 valence electrons. The lowest BCUT2D eigenvalue weighted by atomic mass is 10.2. The monoisotopic (exact) mass is 476 g/mol. The van der Waals surface area contributed by atoms with Crippen LogP contribution in [0.4, 0.5) is 10.8 Å². The average Bonchev–Trinajstić information content (AvgIpc) is 3.18. The van der Waals surface area contributed by atoms with Gasteiger partial charge in [0.2, 0.25) is 11.0 Å². The lowest BCUT2D eigenvalue weighted by Crippen LogP contribution is -2.38. The van der Waals surface area contributed by atoms with E-state index in [0.717, 1.165) is 31.9 Å². The molecule has 3 aromatic rings. The third-order valence-corrected chi connectivity index (χ3v) is 8.27. The smallest absolute Gasteiger partial charge is 0.264 e. The van der Waals surface area contributed by atoms with Crippen molar-refractivity contribution in [2.45, 2.75) is 36.4 Å². The molecule has 1 aromatic heterocycles. The number of thioether (sulfide) groups is 1. The van der Waals surface area contributed by atoms with Gasteiger partial charge in [0.25, 0.3) is 10.0 Å². The Bertz CT molecular complexity index is 1130. The second kappa shape index (κ2) is 10.3. The van der Waals surface area contributed by atoms with E-state index in [9.17, 15) is 13.2 Å². The van der Waals surface area contributed by atoms with Crippen molar-refractivity contribution in [2.75, 3.05) is 21.9 Å². The van der Waals surface area contributed by atoms with Gasteiger partial charge in [-0.1, -0.05) is 65.4 Å². The van der Waals surface area contributed by atoms with Gasteiger partial charge in [0, 0.05) is 5.75 Å². The van der Waals surface area contributed by atoms with Gasteiger partial charge in [0.15, 0.2) is 4.34 Å². The molecule has 10 heteroatoms. The summed E-state index contributed by atoms with van der Waals surface area (Å²) in [7, 11) is -3.94. The van der Waals surface area contributed by atoms with Crippen molar-refractivity contribution in [1.82, 2.24) is 10.2 Å². The third kappa shape index (κ3) is 6.05. The number of amides is 1. The van der Waals surface area contributed by atoms with Crippen LogP contribution >= 0.6 is 23.1 Å². The summed E-state index contributed by atoms with van der Waals surface area (Å²) in [4.78, 5) is 12.9. The maximum Gasteiger partial charge on any atom is 0.264 e. The maximum absolute atomic E-state index is 13.4. The first-order valence-electron chi connectivity index (χ1n) is 9.72. The number of benzene rings is 2. The van der Waals surface area contributed by atoms with Gasteiger partial charge in [-0.05, 0) is 44.5 Å². The number of aromatic nitrogens is 2. The second-order valence-electron chi connectivity index (χ2n) is 6.93. The van der Waals surface area contributed by atoms with Gasteiger partial charge in [-0.3, -0.25) is 14.4 Å². The standard InChI is InChI=1S/C21H24N4O3S3/c1-4-13-29-21-24-23-20(30-21)22-19(26)14-25(17-9-5-15(2)6-10-17)31(27,28)18-11-7-16(3)8-12-18/h5-12H,4,13-14H2,1-3H3,(H,22,23,26). The summed E-state index contributed by atoms with van der Waals surface area (Å²) >= 11 is 2.84. The Morgan fingerprint density at radius 3 is 2.26 bits per heavy atom. The van der Waals surface area contributed by atoms with Crippen molar-refractivity contribution in [1.29, 1.82) is 0 Å². The van der Waals surface area contributed by atoms with Crippen LogP contribution in [0.3, 0.4) is 0 Å². The molecule has 0 unspecified atom stereocenters. The van der Waals surface area contributed by atoms with E-state index < -0.39 is 15.9 Å². The number of carbonyl (C=O) groups excluding carboxylic acids is 1. The molecule has 3 rings (SSSR count). The number of carbonyl (C=O) groups is 1. The molecule has 0 aliphatic carbocycles. The first-order chi connectivity index (χ1) is 14.8. The second-order valence-corrected chi connectivity index (χ2v) is 11.1. The predicted molar refractivity (Wildman–Crippen MR) is 126 cm³/mol. The number of nitrogens with zero attached hydrogens (tertiary/aromatic N) is 3. The summed E-state index contributed by atoms with van der Waals surface area (Å²) in [6, 6.07) is 13.6. The zero-order chi connectivity index (χ0) is 22.4. The van der Waals surface area contributed by atoms with E-state index in [0.29, 0.717) is 10.8 Å². The Morgan fingerprint density at radius 1 is 1.03 bits per heavy atom. The molecule has 0 aliphatic heterocycles. The summed E-state index contributed by atoms with van der Waals surface area (Å²) in [6.45, 7) is 5.50. The Hall–Kier alpha value is -2.43. The molecular weight excluding hydrogens is 452 g/mol. The molecule has 31 heavy (non-hydrogen) atoms. The molecule has 1 amide bonds. The average molecular weight is 477 g/mol. The van der Waals surface area contributed by atoms with Crippen LogP contribution in [-0.4, -0.2) is 36.8 Å². The molecule has 7 nitrogen and oxygen atoms in total. The van der Waals surface area contributed by atoms with Crippen molar-refractivity contribution in [3.05, 3.63) is 59.7 Å². The van der Waals surface area contributed by atoms with Gasteiger partial charge in [0.1, 0.15) is 6.54 Å². The Morgan fingerprint density at radius 2 is 1.65 bits per heavy atom. The van der Waals surface area contributed by atoms with Crippen LogP contribution in [-0.2, 0) is 14.8 Å². The van der Waals surface area contributed by atoms with Gasteiger partial charge in [0.05, 0.1) is 10.6 Å². The summed E-state index contributed by atoms with van der Waals surface area (Å²) in [5.74, 6) is 0.429. The minimum absolute atomic E-state index is 0.126. The van der Waals surface area contributed by atoms with Gasteiger partial charge in [-0.25, -0.2) is 8.42 Å². The fraction of sp³-hybridized carbons (Fsp3) is 0.286. The summed E-state index contributed by atoms with van der Waals surface area (Å²) < 4.78 is 28.6. The summed E-state index contributed by atoms with van der Waals surface area (Å²) in [5.41, 5.74) is 2.36. The van der Waals surface area contributed by atoms with E-state index >= 15 is 0 Å². The van der Waals surface area contributed by atoms with Gasteiger partial charge >= 0.3 is 0 Å². The van der Waals surface area contributed by atoms with E-state index in [1.165, 1.54) is 11.3 Å². The van der Waals surface area contributed by atoms with Crippen LogP contribution in [0.5, 0.6) is 0 Å². The molecule has 0 radical (unpaired) electrons. The Kier molecular flexibility index (Phi) is 7.69. The van der Waals surface area contributed by atoms with Crippen LogP contribution in [0.15, 0.2) is 57.8 Å². The van der Waals surface area contributed by atoms with Gasteiger partial charge in [-0.15, -0.1) is 10.2 Å². The molecule has 0 atom stereocenters. The topological polar surface area (TPSA) is 92.3 Å². The SMILES string of the molecule is CCCSc1nnc(NC(=O)CN(c2ccc(C)cc2)S(=O)(=O)c2ccc(C)cc2)s1. The largest absolute Gasteiger partial charge is 0.299 e. The van der Waals surface area contributed by atoms with E-state index in [1.54, 1.807) is 48.2 Å². The number of sulfonamides is 1. The zero-order valence-electron chi connectivity index (χ0n) is 17.5. The highest BCUT2D eigenvalue weighted by Crippen LogP contribution is 2.27. The lowest BCUT2D eigenvalue weighted by Gasteiger charge is -2.24. The molecule has 0 aliphatic rings. The molecule has 0 spiro atoms. The van der Waals surface area contributed by atoms with Crippen LogP contribution in [0.2, 0.25) is 0 Å². The highest BCUT2D eigenvalue weighted by molar-refractivity contribution is 8.01.